The number of fused-ring (bicyclic) bond motifs is 1. The van der Waals surface area contributed by atoms with Gasteiger partial charge >= 0.3 is 12.1 Å². The average molecular weight is 644 g/mol. The van der Waals surface area contributed by atoms with Crippen molar-refractivity contribution in [2.75, 3.05) is 49.8 Å². The highest BCUT2D eigenvalue weighted by atomic mass is 16.6. The lowest BCUT2D eigenvalue weighted by molar-refractivity contribution is 0.0231. The number of ether oxygens (including phenoxy) is 3. The quantitative estimate of drug-likeness (QED) is 0.148. The summed E-state index contributed by atoms with van der Waals surface area (Å²) in [7, 11) is 5.48. The topological polar surface area (TPSA) is 137 Å². The molecule has 1 aliphatic rings. The summed E-state index contributed by atoms with van der Waals surface area (Å²) in [4.78, 5) is 39.1. The second-order valence-corrected chi connectivity index (χ2v) is 12.8. The lowest BCUT2D eigenvalue weighted by Crippen LogP contribution is -2.44. The molecule has 12 nitrogen and oxygen atoms in total. The van der Waals surface area contributed by atoms with Crippen molar-refractivity contribution in [2.45, 2.75) is 58.6 Å². The number of methoxy groups -OCH3 is 1. The molecule has 1 atom stereocenters. The molecule has 2 aromatic heterocycles. The lowest BCUT2D eigenvalue weighted by Gasteiger charge is -2.32. The van der Waals surface area contributed by atoms with Gasteiger partial charge < -0.3 is 39.6 Å². The number of amides is 1. The Balaban J connectivity index is 1.43. The molecule has 0 unspecified atom stereocenters. The van der Waals surface area contributed by atoms with Gasteiger partial charge in [0.15, 0.2) is 0 Å². The molecular weight excluding hydrogens is 598 g/mol. The molecule has 5 rings (SSSR count). The van der Waals surface area contributed by atoms with E-state index in [1.54, 1.807) is 18.1 Å². The number of aromatic nitrogens is 3. The van der Waals surface area contributed by atoms with Gasteiger partial charge in [-0.2, -0.15) is 0 Å². The molecule has 3 N–H and O–H groups in total. The van der Waals surface area contributed by atoms with E-state index < -0.39 is 11.6 Å². The van der Waals surface area contributed by atoms with Gasteiger partial charge in [0.1, 0.15) is 16.9 Å². The fourth-order valence-electron chi connectivity index (χ4n) is 5.90. The third-order valence-electron chi connectivity index (χ3n) is 8.09. The largest absolute Gasteiger partial charge is 0.494 e. The number of carbonyl (C=O) groups excluding carboxylic acids is 2. The maximum absolute atomic E-state index is 13.1. The van der Waals surface area contributed by atoms with Crippen molar-refractivity contribution in [2.24, 2.45) is 7.05 Å². The third kappa shape index (κ3) is 7.37. The van der Waals surface area contributed by atoms with Crippen LogP contribution in [0.5, 0.6) is 5.75 Å². The predicted octanol–water partition coefficient (Wildman–Crippen LogP) is 6.37. The Bertz CT molecular complexity index is 1760. The van der Waals surface area contributed by atoms with Crippen LogP contribution in [-0.2, 0) is 16.5 Å². The first-order valence-corrected chi connectivity index (χ1v) is 15.9. The number of para-hydroxylation sites is 1. The minimum atomic E-state index is -0.561. The van der Waals surface area contributed by atoms with Crippen LogP contribution in [0.3, 0.4) is 0 Å². The summed E-state index contributed by atoms with van der Waals surface area (Å²) in [6, 6.07) is 11.6. The molecule has 0 radical (unpaired) electrons. The number of anilines is 4. The molecule has 1 aliphatic heterocycles. The number of nitrogen functional groups attached to an aromatic ring is 1. The summed E-state index contributed by atoms with van der Waals surface area (Å²) in [6.45, 7) is 9.09. The first-order chi connectivity index (χ1) is 22.4. The average Bonchev–Trinajstić information content (AvgIpc) is 3.63. The number of rotatable bonds is 10. The third-order valence-corrected chi connectivity index (χ3v) is 8.09. The van der Waals surface area contributed by atoms with Crippen molar-refractivity contribution >= 4 is 46.0 Å². The van der Waals surface area contributed by atoms with Gasteiger partial charge in [-0.15, -0.1) is 0 Å². The number of hydrogen-bond acceptors (Lipinski definition) is 10. The molecular formula is C35H45N7O5. The van der Waals surface area contributed by atoms with Crippen molar-refractivity contribution in [3.05, 3.63) is 54.4 Å². The number of aryl methyl sites for hydroxylation is 1. The van der Waals surface area contributed by atoms with Crippen molar-refractivity contribution in [1.82, 2.24) is 19.4 Å². The number of carbonyl (C=O) groups is 2. The van der Waals surface area contributed by atoms with Crippen molar-refractivity contribution in [1.29, 1.82) is 0 Å². The molecule has 0 aliphatic carbocycles. The van der Waals surface area contributed by atoms with Crippen LogP contribution in [0.2, 0.25) is 0 Å². The van der Waals surface area contributed by atoms with E-state index in [-0.39, 0.29) is 23.6 Å². The summed E-state index contributed by atoms with van der Waals surface area (Å²) in [5.41, 5.74) is 10.4. The summed E-state index contributed by atoms with van der Waals surface area (Å²) < 4.78 is 18.9. The minimum Gasteiger partial charge on any atom is -0.494 e. The Hall–Kier alpha value is -5.00. The molecule has 1 fully saturated rings. The maximum Gasteiger partial charge on any atom is 0.410 e. The van der Waals surface area contributed by atoms with E-state index in [4.69, 9.17) is 24.9 Å². The van der Waals surface area contributed by atoms with Crippen LogP contribution < -0.4 is 20.7 Å². The molecule has 2 aromatic carbocycles. The standard InChI is InChI=1S/C35H45N7O5/c1-8-16-46-32(43)24-19-37-33(39-31(24)25-21-41(6)28-14-10-9-13-23(25)28)38-27-17-26(36)29(18-30(27)45-7)40(5)20-22-12-11-15-42(22)34(44)47-35(2,3)4/h9-10,13-14,17-19,21-22H,8,11-12,15-16,20,36H2,1-7H3,(H,37,38,39)/t22-/m1/s1. The van der Waals surface area contributed by atoms with Gasteiger partial charge in [0, 0.05) is 62.1 Å². The van der Waals surface area contributed by atoms with Crippen molar-refractivity contribution in [3.63, 3.8) is 0 Å². The number of benzene rings is 2. The summed E-state index contributed by atoms with van der Waals surface area (Å²) in [5.74, 6) is 0.305. The number of likely N-dealkylation sites (tertiary alicyclic amines) is 1. The number of nitrogens with two attached hydrogens (primary N) is 1. The number of likely N-dealkylation sites (N-methyl/N-ethyl adjacent to an activating group) is 1. The minimum absolute atomic E-state index is 0.0125. The summed E-state index contributed by atoms with van der Waals surface area (Å²) in [6.07, 6.45) is 5.62. The van der Waals surface area contributed by atoms with E-state index in [0.29, 0.717) is 48.9 Å². The molecule has 0 bridgehead atoms. The highest BCUT2D eigenvalue weighted by Crippen LogP contribution is 2.38. The SMILES string of the molecule is CCCOC(=O)c1cnc(Nc2cc(N)c(N(C)C[C@H]3CCCN3C(=O)OC(C)(C)C)cc2OC)nc1-c1cn(C)c2ccccc12. The van der Waals surface area contributed by atoms with Gasteiger partial charge in [-0.25, -0.2) is 19.6 Å². The second kappa shape index (κ2) is 13.8. The molecule has 250 valence electrons. The van der Waals surface area contributed by atoms with Crippen LogP contribution in [-0.4, -0.2) is 77.0 Å². The number of nitrogens with one attached hydrogen (secondary N) is 1. The Kier molecular flexibility index (Phi) is 9.78. The molecule has 1 amide bonds. The Morgan fingerprint density at radius 1 is 1.19 bits per heavy atom. The Morgan fingerprint density at radius 2 is 1.96 bits per heavy atom. The zero-order valence-corrected chi connectivity index (χ0v) is 28.3. The van der Waals surface area contributed by atoms with Crippen molar-refractivity contribution < 1.29 is 23.8 Å². The second-order valence-electron chi connectivity index (χ2n) is 12.8. The van der Waals surface area contributed by atoms with Gasteiger partial charge in [0.25, 0.3) is 0 Å². The van der Waals surface area contributed by atoms with Crippen molar-refractivity contribution in [3.8, 4) is 17.0 Å². The highest BCUT2D eigenvalue weighted by molar-refractivity contribution is 6.03. The van der Waals surface area contributed by atoms with Gasteiger partial charge in [-0.3, -0.25) is 0 Å². The first kappa shape index (κ1) is 33.4. The number of nitrogens with zero attached hydrogens (tertiary/aromatic N) is 5. The molecule has 0 spiro atoms. The Morgan fingerprint density at radius 3 is 2.68 bits per heavy atom. The van der Waals surface area contributed by atoms with Gasteiger partial charge in [-0.05, 0) is 52.2 Å². The molecule has 1 saturated heterocycles. The van der Waals surface area contributed by atoms with E-state index in [2.05, 4.69) is 10.3 Å². The van der Waals surface area contributed by atoms with Crippen LogP contribution in [0.15, 0.2) is 48.8 Å². The zero-order valence-electron chi connectivity index (χ0n) is 28.3. The normalized spacial score (nSPS) is 14.7. The Labute approximate surface area is 275 Å². The van der Waals surface area contributed by atoms with Crippen LogP contribution in [0.25, 0.3) is 22.2 Å². The maximum atomic E-state index is 13.1. The smallest absolute Gasteiger partial charge is 0.410 e. The van der Waals surface area contributed by atoms with Crippen LogP contribution in [0.4, 0.5) is 27.8 Å². The van der Waals surface area contributed by atoms with Gasteiger partial charge in [-0.1, -0.05) is 25.1 Å². The number of hydrogen-bond donors (Lipinski definition) is 2. The predicted molar refractivity (Wildman–Crippen MR) is 184 cm³/mol. The molecule has 3 heterocycles. The zero-order chi connectivity index (χ0) is 33.9. The van der Waals surface area contributed by atoms with E-state index in [0.717, 1.165) is 35.0 Å². The molecule has 12 heteroatoms. The lowest BCUT2D eigenvalue weighted by atomic mass is 10.1. The summed E-state index contributed by atoms with van der Waals surface area (Å²) >= 11 is 0. The number of esters is 1. The van der Waals surface area contributed by atoms with Gasteiger partial charge in [0.05, 0.1) is 42.5 Å². The van der Waals surface area contributed by atoms with E-state index >= 15 is 0 Å². The molecule has 0 saturated carbocycles. The van der Waals surface area contributed by atoms with E-state index in [9.17, 15) is 9.59 Å². The van der Waals surface area contributed by atoms with Crippen LogP contribution >= 0.6 is 0 Å². The van der Waals surface area contributed by atoms with Gasteiger partial charge in [0.2, 0.25) is 5.95 Å². The molecule has 47 heavy (non-hydrogen) atoms. The van der Waals surface area contributed by atoms with E-state index in [1.165, 1.54) is 6.20 Å². The first-order valence-electron chi connectivity index (χ1n) is 15.9. The highest BCUT2D eigenvalue weighted by Gasteiger charge is 2.33. The summed E-state index contributed by atoms with van der Waals surface area (Å²) in [5, 5.41) is 4.20. The van der Waals surface area contributed by atoms with E-state index in [1.807, 2.05) is 87.8 Å². The monoisotopic (exact) mass is 643 g/mol. The van der Waals surface area contributed by atoms with Crippen LogP contribution in [0.1, 0.15) is 57.3 Å². The fraction of sp³-hybridized carbons (Fsp3) is 0.429. The molecule has 4 aromatic rings. The fourth-order valence-corrected chi connectivity index (χ4v) is 5.90. The van der Waals surface area contributed by atoms with Crippen LogP contribution in [0, 0.1) is 0 Å².